The van der Waals surface area contributed by atoms with Crippen LogP contribution in [0.25, 0.3) is 0 Å². The topological polar surface area (TPSA) is 107 Å². The molecule has 0 aliphatic carbocycles. The number of rotatable bonds is 4. The van der Waals surface area contributed by atoms with Gasteiger partial charge in [-0.3, -0.25) is 9.59 Å². The Labute approximate surface area is 156 Å². The molecule has 10 heteroatoms. The number of thiophene rings is 1. The van der Waals surface area contributed by atoms with E-state index in [2.05, 4.69) is 5.32 Å². The summed E-state index contributed by atoms with van der Waals surface area (Å²) in [4.78, 5) is 26.0. The number of piperidine rings is 2. The van der Waals surface area contributed by atoms with Crippen molar-refractivity contribution >= 4 is 33.2 Å². The molecule has 2 N–H and O–H groups in total. The smallest absolute Gasteiger partial charge is 0.311 e. The Hall–Kier alpha value is -1.49. The molecule has 2 atom stereocenters. The quantitative estimate of drug-likeness (QED) is 0.768. The van der Waals surface area contributed by atoms with Crippen molar-refractivity contribution in [3.8, 4) is 0 Å². The minimum Gasteiger partial charge on any atom is -0.481 e. The fraction of sp³-hybridized carbons (Fsp3) is 0.625. The van der Waals surface area contributed by atoms with E-state index in [1.807, 2.05) is 11.9 Å². The number of fused-ring (bicyclic) bond motifs is 1. The number of sulfonamides is 1. The van der Waals surface area contributed by atoms with Crippen LogP contribution in [0.5, 0.6) is 0 Å². The minimum absolute atomic E-state index is 0.0855. The summed E-state index contributed by atoms with van der Waals surface area (Å²) in [5.41, 5.74) is -0.888. The molecule has 144 valence electrons. The van der Waals surface area contributed by atoms with Gasteiger partial charge in [-0.25, -0.2) is 8.42 Å². The largest absolute Gasteiger partial charge is 0.481 e. The number of likely N-dealkylation sites (N-methyl/N-ethyl adjacent to an activating group) is 1. The number of carboxylic acids is 1. The Morgan fingerprint density at radius 2 is 2.08 bits per heavy atom. The van der Waals surface area contributed by atoms with E-state index in [-0.39, 0.29) is 29.9 Å². The van der Waals surface area contributed by atoms with Crippen LogP contribution in [0.4, 0.5) is 0 Å². The predicted octanol–water partition coefficient (Wildman–Crippen LogP) is 0.667. The molecule has 0 saturated carbocycles. The summed E-state index contributed by atoms with van der Waals surface area (Å²) in [6, 6.07) is 1.02. The summed E-state index contributed by atoms with van der Waals surface area (Å²) >= 11 is 1.08. The van der Waals surface area contributed by atoms with Crippen LogP contribution in [0.1, 0.15) is 28.9 Å². The molecule has 3 rings (SSSR count). The van der Waals surface area contributed by atoms with Crippen LogP contribution in [0.3, 0.4) is 0 Å². The van der Waals surface area contributed by atoms with Gasteiger partial charge in [0.25, 0.3) is 5.91 Å². The molecule has 1 aromatic rings. The van der Waals surface area contributed by atoms with E-state index in [4.69, 9.17) is 0 Å². The van der Waals surface area contributed by atoms with Crippen molar-refractivity contribution in [3.05, 3.63) is 16.3 Å². The molecule has 8 nitrogen and oxygen atoms in total. The Morgan fingerprint density at radius 3 is 2.73 bits per heavy atom. The summed E-state index contributed by atoms with van der Waals surface area (Å²) in [6.45, 7) is 1.08. The highest BCUT2D eigenvalue weighted by Gasteiger charge is 2.53. The van der Waals surface area contributed by atoms with E-state index >= 15 is 0 Å². The Kier molecular flexibility index (Phi) is 5.13. The third-order valence-electron chi connectivity index (χ3n) is 5.58. The lowest BCUT2D eigenvalue weighted by atomic mass is 9.69. The summed E-state index contributed by atoms with van der Waals surface area (Å²) in [6.07, 6.45) is 1.67. The number of likely N-dealkylation sites (tertiary alicyclic amines) is 1. The summed E-state index contributed by atoms with van der Waals surface area (Å²) < 4.78 is 27.4. The number of amides is 1. The highest BCUT2D eigenvalue weighted by Crippen LogP contribution is 2.43. The van der Waals surface area contributed by atoms with Gasteiger partial charge in [0.1, 0.15) is 0 Å². The zero-order valence-electron chi connectivity index (χ0n) is 14.8. The second-order valence-corrected chi connectivity index (χ2v) is 9.75. The van der Waals surface area contributed by atoms with E-state index in [1.165, 1.54) is 22.8 Å². The van der Waals surface area contributed by atoms with E-state index in [0.29, 0.717) is 17.7 Å². The molecule has 26 heavy (non-hydrogen) atoms. The molecule has 0 bridgehead atoms. The Bertz CT molecular complexity index is 822. The summed E-state index contributed by atoms with van der Waals surface area (Å²) in [5, 5.41) is 13.7. The maximum absolute atomic E-state index is 13.0. The zero-order valence-corrected chi connectivity index (χ0v) is 16.4. The van der Waals surface area contributed by atoms with Gasteiger partial charge in [-0.2, -0.15) is 4.31 Å². The van der Waals surface area contributed by atoms with Crippen LogP contribution in [0.15, 0.2) is 16.3 Å². The van der Waals surface area contributed by atoms with Gasteiger partial charge in [-0.05, 0) is 38.9 Å². The van der Waals surface area contributed by atoms with Gasteiger partial charge in [0.15, 0.2) is 0 Å². The van der Waals surface area contributed by atoms with Crippen LogP contribution >= 0.6 is 11.3 Å². The molecular formula is C16H23N3O5S2. The molecule has 0 aromatic carbocycles. The maximum atomic E-state index is 13.0. The van der Waals surface area contributed by atoms with Gasteiger partial charge < -0.3 is 15.3 Å². The van der Waals surface area contributed by atoms with Crippen LogP contribution in [0.2, 0.25) is 0 Å². The van der Waals surface area contributed by atoms with E-state index in [9.17, 15) is 23.1 Å². The molecular weight excluding hydrogens is 378 g/mol. The van der Waals surface area contributed by atoms with Crippen molar-refractivity contribution in [1.82, 2.24) is 14.5 Å². The van der Waals surface area contributed by atoms with Crippen LogP contribution < -0.4 is 5.32 Å². The monoisotopic (exact) mass is 401 g/mol. The van der Waals surface area contributed by atoms with Crippen molar-refractivity contribution in [2.45, 2.75) is 30.2 Å². The normalized spacial score (nSPS) is 27.7. The van der Waals surface area contributed by atoms with Crippen LogP contribution in [-0.4, -0.2) is 74.4 Å². The first-order chi connectivity index (χ1) is 12.2. The van der Waals surface area contributed by atoms with Crippen molar-refractivity contribution in [2.75, 3.05) is 33.7 Å². The highest BCUT2D eigenvalue weighted by atomic mass is 32.2. The third kappa shape index (κ3) is 3.04. The predicted molar refractivity (Wildman–Crippen MR) is 96.8 cm³/mol. The van der Waals surface area contributed by atoms with Crippen LogP contribution in [-0.2, 0) is 14.8 Å². The second kappa shape index (κ2) is 6.91. The lowest BCUT2D eigenvalue weighted by Crippen LogP contribution is -2.63. The molecule has 1 amide bonds. The van der Waals surface area contributed by atoms with Crippen molar-refractivity contribution in [3.63, 3.8) is 0 Å². The van der Waals surface area contributed by atoms with Gasteiger partial charge >= 0.3 is 5.97 Å². The number of aliphatic carboxylic acids is 1. The third-order valence-corrected chi connectivity index (χ3v) is 8.50. The lowest BCUT2D eigenvalue weighted by Gasteiger charge is -2.51. The molecule has 2 saturated heterocycles. The summed E-state index contributed by atoms with van der Waals surface area (Å²) in [5.74, 6) is -1.17. The molecule has 0 radical (unpaired) electrons. The van der Waals surface area contributed by atoms with E-state index < -0.39 is 21.4 Å². The number of nitrogens with zero attached hydrogens (tertiary/aromatic N) is 2. The van der Waals surface area contributed by atoms with Gasteiger partial charge in [-0.15, -0.1) is 11.3 Å². The first-order valence-electron chi connectivity index (χ1n) is 8.47. The molecule has 2 aliphatic heterocycles. The first kappa shape index (κ1) is 19.3. The number of nitrogens with one attached hydrogen (secondary N) is 1. The maximum Gasteiger partial charge on any atom is 0.311 e. The molecule has 0 spiro atoms. The minimum atomic E-state index is -3.77. The van der Waals surface area contributed by atoms with Gasteiger partial charge in [-0.1, -0.05) is 0 Å². The number of hydrogen-bond donors (Lipinski definition) is 2. The number of carbonyl (C=O) groups excluding carboxylic acids is 1. The number of carbonyl (C=O) groups is 2. The fourth-order valence-electron chi connectivity index (χ4n) is 4.02. The standard InChI is InChI=1S/C16H23N3O5S2/c1-17-14(20)12-8-11(10-25-12)26(23,24)19-7-5-16(15(21)22)4-3-6-18(2)13(16)9-19/h8,10,13H,3-7,9H2,1-2H3,(H,17,20)(H,21,22)/t13-,16+/m1/s1. The van der Waals surface area contributed by atoms with E-state index in [0.717, 1.165) is 24.3 Å². The number of hydrogen-bond acceptors (Lipinski definition) is 6. The molecule has 0 unspecified atom stereocenters. The van der Waals surface area contributed by atoms with Crippen molar-refractivity contribution in [2.24, 2.45) is 5.41 Å². The van der Waals surface area contributed by atoms with Crippen molar-refractivity contribution in [1.29, 1.82) is 0 Å². The zero-order chi connectivity index (χ0) is 19.1. The molecule has 2 fully saturated rings. The van der Waals surface area contributed by atoms with Gasteiger partial charge in [0.2, 0.25) is 10.0 Å². The van der Waals surface area contributed by atoms with E-state index in [1.54, 1.807) is 0 Å². The highest BCUT2D eigenvalue weighted by molar-refractivity contribution is 7.89. The number of carboxylic acid groups (broad SMARTS) is 1. The Morgan fingerprint density at radius 1 is 1.35 bits per heavy atom. The van der Waals surface area contributed by atoms with Crippen molar-refractivity contribution < 1.29 is 23.1 Å². The SMILES string of the molecule is CNC(=O)c1cc(S(=O)(=O)N2CC[C@@]3(C(=O)O)CCCN(C)[C@@H]3C2)cs1. The van der Waals surface area contributed by atoms with Crippen LogP contribution in [0, 0.1) is 5.41 Å². The average Bonchev–Trinajstić information content (AvgIpc) is 3.11. The second-order valence-electron chi connectivity index (χ2n) is 6.90. The molecule has 2 aliphatic rings. The first-order valence-corrected chi connectivity index (χ1v) is 10.8. The lowest BCUT2D eigenvalue weighted by molar-refractivity contribution is -0.160. The Balaban J connectivity index is 1.87. The average molecular weight is 402 g/mol. The van der Waals surface area contributed by atoms with Gasteiger partial charge in [0.05, 0.1) is 15.2 Å². The fourth-order valence-corrected chi connectivity index (χ4v) is 6.68. The molecule has 3 heterocycles. The van der Waals surface area contributed by atoms with Gasteiger partial charge in [0, 0.05) is 31.6 Å². The molecule has 1 aromatic heterocycles. The summed E-state index contributed by atoms with van der Waals surface area (Å²) in [7, 11) is -0.421.